The summed E-state index contributed by atoms with van der Waals surface area (Å²) in [7, 11) is -27.0. The van der Waals surface area contributed by atoms with Crippen molar-refractivity contribution in [2.45, 2.75) is 173 Å². The predicted octanol–water partition coefficient (Wildman–Crippen LogP) is 7.33. The van der Waals surface area contributed by atoms with Gasteiger partial charge in [-0.2, -0.15) is 0 Å². The molecule has 1 radical (unpaired) electrons. The molecule has 0 aliphatic carbocycles. The van der Waals surface area contributed by atoms with Gasteiger partial charge in [-0.15, -0.1) is 0 Å². The van der Waals surface area contributed by atoms with Crippen molar-refractivity contribution in [2.75, 3.05) is 7.11 Å². The molecule has 12 N–H and O–H groups in total. The highest BCUT2D eigenvalue weighted by atomic mass is 31.2. The maximum Gasteiger partial charge on any atom is 0.461 e. The van der Waals surface area contributed by atoms with Crippen molar-refractivity contribution in [3.05, 3.63) is 189 Å². The van der Waals surface area contributed by atoms with Gasteiger partial charge in [0, 0.05) is 17.8 Å². The fraction of sp³-hybridized carbons (Fsp3) is 0.457. The van der Waals surface area contributed by atoms with Crippen LogP contribution in [-0.2, 0) is 50.7 Å². The molecule has 6 aromatic rings. The third-order valence-electron chi connectivity index (χ3n) is 17.3. The Morgan fingerprint density at radius 3 is 0.867 bits per heavy atom. The van der Waals surface area contributed by atoms with Crippen molar-refractivity contribution >= 4 is 53.7 Å². The summed E-state index contributed by atoms with van der Waals surface area (Å²) in [6.45, 7) is 18.0. The summed E-state index contributed by atoms with van der Waals surface area (Å²) < 4.78 is 132. The van der Waals surface area contributed by atoms with Gasteiger partial charge in [-0.1, -0.05) is 109 Å². The quantitative estimate of drug-likeness (QED) is 0.0115. The van der Waals surface area contributed by atoms with Gasteiger partial charge in [-0.25, -0.2) is 13.7 Å². The molecular formula is C70H94O29P3Si3. The standard InChI is InChI=1S/C70H94O29P3Si3/c1-43(68(97-103(3,4)5)62(78)56(75)53(72)59(88-68)65(81)100(84,91-44-30-18-12-19-31-44)92-45-32-20-13-21-33-45)52(70(99-105(9,10)11)64(80)58(77)55(74)61(90-70)67(83)102(86,95-48-38-26-16-27-39-48)96-49-40-28-17-29-41-49)50(42-51(71)87-2)69(98-104(6,7)8)63(79)57(76)54(73)60(89-69)66(82)101(85,93-46-34-22-14-23-35-46)94-47-36-24-15-25-37-47/h12-41,43,50,52-67,72-83H,1,42H2,2-11H3/t43?,50?,52?,53-,54-,55-,56-,57-,58-,59-,60-,61-,62-,63-,64-,65?,66?,67?,68-,69-,70-/m0/s1. The van der Waals surface area contributed by atoms with E-state index in [1.165, 1.54) is 205 Å². The smallest absolute Gasteiger partial charge is 0.461 e. The second kappa shape index (κ2) is 33.2. The highest BCUT2D eigenvalue weighted by Crippen LogP contribution is 2.63. The summed E-state index contributed by atoms with van der Waals surface area (Å²) in [5.74, 6) is -29.5. The highest BCUT2D eigenvalue weighted by Gasteiger charge is 2.75. The maximum atomic E-state index is 16.0. The van der Waals surface area contributed by atoms with Crippen LogP contribution in [0.3, 0.4) is 0 Å². The summed E-state index contributed by atoms with van der Waals surface area (Å²) in [6, 6.07) is 43.3. The Morgan fingerprint density at radius 2 is 0.610 bits per heavy atom. The van der Waals surface area contributed by atoms with Crippen LogP contribution in [0.5, 0.6) is 34.5 Å². The molecule has 0 bridgehead atoms. The first-order valence-electron chi connectivity index (χ1n) is 33.6. The summed E-state index contributed by atoms with van der Waals surface area (Å²) >= 11 is 0. The van der Waals surface area contributed by atoms with Crippen LogP contribution in [0.4, 0.5) is 0 Å². The van der Waals surface area contributed by atoms with Crippen LogP contribution in [0.25, 0.3) is 0 Å². The van der Waals surface area contributed by atoms with Crippen molar-refractivity contribution in [1.82, 2.24) is 0 Å². The fourth-order valence-corrected chi connectivity index (χ4v) is 21.8. The third kappa shape index (κ3) is 18.6. The molecule has 6 aromatic carbocycles. The van der Waals surface area contributed by atoms with Gasteiger partial charge in [0.2, 0.25) is 17.5 Å². The van der Waals surface area contributed by atoms with Crippen LogP contribution in [0, 0.1) is 24.7 Å². The van der Waals surface area contributed by atoms with Gasteiger partial charge < -0.3 is 121 Å². The van der Waals surface area contributed by atoms with Crippen LogP contribution < -0.4 is 27.1 Å². The van der Waals surface area contributed by atoms with E-state index in [4.69, 9.17) is 59.4 Å². The lowest BCUT2D eigenvalue weighted by atomic mass is 9.62. The average Bonchev–Trinajstić information content (AvgIpc) is 0.694. The molecule has 21 atom stereocenters. The number of hydrogen-bond acceptors (Lipinski definition) is 29. The minimum atomic E-state index is -5.48. The number of carbonyl (C=O) groups excluding carboxylic acids is 1. The topological polar surface area (TPSA) is 431 Å². The number of esters is 1. The summed E-state index contributed by atoms with van der Waals surface area (Å²) in [4.78, 5) is 15.2. The molecule has 3 fully saturated rings. The Hall–Kier alpha value is -5.79. The van der Waals surface area contributed by atoms with Crippen LogP contribution in [0.15, 0.2) is 182 Å². The number of ether oxygens (including phenoxy) is 4. The lowest BCUT2D eigenvalue weighted by Gasteiger charge is -2.64. The second-order valence-corrected chi connectivity index (χ2v) is 47.8. The van der Waals surface area contributed by atoms with Crippen molar-refractivity contribution in [1.29, 1.82) is 0 Å². The largest absolute Gasteiger partial charge is 0.469 e. The zero-order valence-corrected chi connectivity index (χ0v) is 65.0. The molecule has 3 aliphatic heterocycles. The van der Waals surface area contributed by atoms with Gasteiger partial charge in [0.1, 0.15) is 108 Å². The molecule has 9 rings (SSSR count). The summed E-state index contributed by atoms with van der Waals surface area (Å²) in [5.41, 5.74) is 0. The summed E-state index contributed by atoms with van der Waals surface area (Å²) in [6.07, 6.45) is -33.9. The number of aliphatic hydroxyl groups excluding tert-OH is 12. The molecule has 6 unspecified atom stereocenters. The molecule has 35 heteroatoms. The zero-order chi connectivity index (χ0) is 77.0. The molecule has 105 heavy (non-hydrogen) atoms. The summed E-state index contributed by atoms with van der Waals surface area (Å²) in [5, 5.41) is 156. The van der Waals surface area contributed by atoms with E-state index < -0.39 is 186 Å². The van der Waals surface area contributed by atoms with Crippen LogP contribution in [0.1, 0.15) is 6.42 Å². The van der Waals surface area contributed by atoms with E-state index >= 15 is 18.5 Å². The molecule has 29 nitrogen and oxygen atoms in total. The predicted molar refractivity (Wildman–Crippen MR) is 386 cm³/mol. The van der Waals surface area contributed by atoms with Gasteiger partial charge in [0.15, 0.2) is 42.3 Å². The van der Waals surface area contributed by atoms with E-state index in [2.05, 4.69) is 6.92 Å². The fourth-order valence-electron chi connectivity index (χ4n) is 13.0. The molecule has 0 saturated carbocycles. The SMILES string of the molecule is [CH2]C(C(C(CC(=O)OC)[C@@]1(O[Si](C)(C)C)O[C@H](C(O)P(=O)(Oc2ccccc2)Oc2ccccc2)[C@@H](O)[C@H](O)[C@@H]1O)[C@@]1(O[Si](C)(C)C)O[C@H](C(O)P(=O)(Oc2ccccc2)Oc2ccccc2)[C@@H](O)[C@H](O)[C@@H]1O)[C@@]1(O[Si](C)(C)C)O[C@H](C(O)P(=O)(Oc2ccccc2)Oc2ccccc2)[C@@H](O)[C@H](O)[C@@H]1O. The third-order valence-corrected chi connectivity index (χ3v) is 25.7. The van der Waals surface area contributed by atoms with E-state index in [-0.39, 0.29) is 34.5 Å². The van der Waals surface area contributed by atoms with E-state index in [1.54, 1.807) is 36.4 Å². The molecule has 3 saturated heterocycles. The van der Waals surface area contributed by atoms with Crippen LogP contribution in [0.2, 0.25) is 58.9 Å². The van der Waals surface area contributed by atoms with Crippen LogP contribution in [-0.4, -0.2) is 207 Å². The monoisotopic (exact) mass is 1580 g/mol. The van der Waals surface area contributed by atoms with Gasteiger partial charge in [-0.05, 0) is 139 Å². The Bertz CT molecular complexity index is 3800. The lowest BCUT2D eigenvalue weighted by Crippen LogP contribution is -2.80. The highest BCUT2D eigenvalue weighted by molar-refractivity contribution is 7.56. The van der Waals surface area contributed by atoms with Gasteiger partial charge in [0.25, 0.3) is 0 Å². The normalized spacial score (nSPS) is 29.6. The minimum Gasteiger partial charge on any atom is -0.469 e. The van der Waals surface area contributed by atoms with Crippen molar-refractivity contribution in [3.8, 4) is 34.5 Å². The Balaban J connectivity index is 1.39. The number of rotatable bonds is 31. The molecular weight excluding hydrogens is 1480 g/mol. The maximum absolute atomic E-state index is 16.0. The number of hydrogen-bond donors (Lipinski definition) is 12. The number of carbonyl (C=O) groups is 1. The van der Waals surface area contributed by atoms with Gasteiger partial charge in [-0.3, -0.25) is 4.79 Å². The molecule has 0 amide bonds. The number of aliphatic hydroxyl groups is 12. The Kier molecular flexibility index (Phi) is 26.3. The first kappa shape index (κ1) is 83.3. The Morgan fingerprint density at radius 1 is 0.390 bits per heavy atom. The lowest BCUT2D eigenvalue weighted by molar-refractivity contribution is -0.425. The number of methoxy groups -OCH3 is 1. The number of para-hydroxylation sites is 6. The van der Waals surface area contributed by atoms with Gasteiger partial charge >= 0.3 is 28.8 Å². The molecule has 575 valence electrons. The molecule has 3 heterocycles. The number of benzene rings is 6. The first-order chi connectivity index (χ1) is 49.2. The van der Waals surface area contributed by atoms with Crippen LogP contribution >= 0.6 is 22.8 Å². The molecule has 3 aliphatic rings. The molecule has 0 aromatic heterocycles. The van der Waals surface area contributed by atoms with E-state index in [0.717, 1.165) is 7.11 Å². The van der Waals surface area contributed by atoms with Crippen molar-refractivity contribution < 1.29 is 139 Å². The van der Waals surface area contributed by atoms with E-state index in [0.29, 0.717) is 0 Å². The van der Waals surface area contributed by atoms with E-state index in [1.807, 2.05) is 0 Å². The average molecular weight is 1580 g/mol. The van der Waals surface area contributed by atoms with Crippen molar-refractivity contribution in [2.24, 2.45) is 17.8 Å². The Labute approximate surface area is 611 Å². The first-order valence-corrected chi connectivity index (χ1v) is 48.7. The van der Waals surface area contributed by atoms with Crippen molar-refractivity contribution in [3.63, 3.8) is 0 Å². The zero-order valence-electron chi connectivity index (χ0n) is 59.3. The minimum absolute atomic E-state index is 0.185. The second-order valence-electron chi connectivity index (χ2n) is 28.6. The van der Waals surface area contributed by atoms with E-state index in [9.17, 15) is 61.3 Å². The van der Waals surface area contributed by atoms with Gasteiger partial charge in [0.05, 0.1) is 13.5 Å². The molecule has 0 spiro atoms.